The zero-order valence-electron chi connectivity index (χ0n) is 12.4. The number of nitrogens with one attached hydrogen (secondary N) is 2. The minimum absolute atomic E-state index is 0.104. The lowest BCUT2D eigenvalue weighted by molar-refractivity contribution is 0.0963. The third-order valence-electron chi connectivity index (χ3n) is 3.67. The van der Waals surface area contributed by atoms with E-state index in [4.69, 9.17) is 0 Å². The number of hydrogen-bond acceptors (Lipinski definition) is 4. The maximum Gasteiger partial charge on any atom is 0.254 e. The molecule has 1 saturated heterocycles. The molecule has 2 heterocycles. The van der Waals surface area contributed by atoms with Crippen LogP contribution in [0, 0.1) is 5.92 Å². The largest absolute Gasteiger partial charge is 0.369 e. The van der Waals surface area contributed by atoms with E-state index in [2.05, 4.69) is 27.4 Å². The van der Waals surface area contributed by atoms with Crippen molar-refractivity contribution in [3.63, 3.8) is 0 Å². The van der Waals surface area contributed by atoms with Crippen LogP contribution in [0.4, 0.5) is 5.82 Å². The maximum atomic E-state index is 11.8. The van der Waals surface area contributed by atoms with Gasteiger partial charge in [0.15, 0.2) is 0 Å². The van der Waals surface area contributed by atoms with Crippen LogP contribution in [-0.4, -0.2) is 49.0 Å². The zero-order valence-corrected chi connectivity index (χ0v) is 12.4. The van der Waals surface area contributed by atoms with Crippen molar-refractivity contribution < 1.29 is 4.79 Å². The molecule has 0 radical (unpaired) electrons. The van der Waals surface area contributed by atoms with Crippen LogP contribution in [0.1, 0.15) is 30.1 Å². The fourth-order valence-corrected chi connectivity index (χ4v) is 2.61. The topological polar surface area (TPSA) is 57.3 Å². The third kappa shape index (κ3) is 3.93. The van der Waals surface area contributed by atoms with Crippen LogP contribution in [0.15, 0.2) is 18.3 Å². The summed E-state index contributed by atoms with van der Waals surface area (Å²) in [5.41, 5.74) is 0.600. The van der Waals surface area contributed by atoms with E-state index in [1.54, 1.807) is 25.4 Å². The van der Waals surface area contributed by atoms with Crippen molar-refractivity contribution in [2.24, 2.45) is 5.92 Å². The molecule has 0 bridgehead atoms. The molecule has 1 aromatic heterocycles. The number of rotatable bonds is 6. The Morgan fingerprint density at radius 1 is 1.45 bits per heavy atom. The van der Waals surface area contributed by atoms with E-state index in [9.17, 15) is 4.79 Å². The van der Waals surface area contributed by atoms with Gasteiger partial charge in [-0.05, 0) is 44.0 Å². The van der Waals surface area contributed by atoms with Crippen LogP contribution in [0.2, 0.25) is 0 Å². The highest BCUT2D eigenvalue weighted by molar-refractivity contribution is 5.98. The van der Waals surface area contributed by atoms with Crippen LogP contribution in [-0.2, 0) is 0 Å². The lowest BCUT2D eigenvalue weighted by Gasteiger charge is -2.21. The second-order valence-electron chi connectivity index (χ2n) is 5.47. The Balaban J connectivity index is 1.88. The van der Waals surface area contributed by atoms with Crippen LogP contribution >= 0.6 is 0 Å². The molecule has 1 aliphatic heterocycles. The molecule has 0 saturated carbocycles. The third-order valence-corrected chi connectivity index (χ3v) is 3.67. The van der Waals surface area contributed by atoms with Crippen LogP contribution < -0.4 is 10.6 Å². The minimum Gasteiger partial charge on any atom is -0.369 e. The predicted molar refractivity (Wildman–Crippen MR) is 81.0 cm³/mol. The molecule has 20 heavy (non-hydrogen) atoms. The number of pyridine rings is 1. The maximum absolute atomic E-state index is 11.8. The number of hydrogen-bond donors (Lipinski definition) is 2. The van der Waals surface area contributed by atoms with Gasteiger partial charge in [-0.1, -0.05) is 6.92 Å². The Labute approximate surface area is 120 Å². The van der Waals surface area contributed by atoms with Gasteiger partial charge in [-0.2, -0.15) is 0 Å². The monoisotopic (exact) mass is 276 g/mol. The first-order valence-electron chi connectivity index (χ1n) is 7.34. The summed E-state index contributed by atoms with van der Waals surface area (Å²) in [7, 11) is 1.63. The van der Waals surface area contributed by atoms with Crippen molar-refractivity contribution >= 4 is 11.7 Å². The van der Waals surface area contributed by atoms with E-state index in [0.29, 0.717) is 17.3 Å². The number of likely N-dealkylation sites (tertiary alicyclic amines) is 1. The molecule has 110 valence electrons. The van der Waals surface area contributed by atoms with E-state index in [1.807, 2.05) is 0 Å². The molecule has 1 fully saturated rings. The molecule has 0 aliphatic carbocycles. The van der Waals surface area contributed by atoms with Gasteiger partial charge in [-0.3, -0.25) is 4.79 Å². The number of carbonyl (C=O) groups excluding carboxylic acids is 1. The second-order valence-corrected chi connectivity index (χ2v) is 5.47. The lowest BCUT2D eigenvalue weighted by Crippen LogP contribution is -2.29. The highest BCUT2D eigenvalue weighted by Gasteiger charge is 2.15. The van der Waals surface area contributed by atoms with E-state index >= 15 is 0 Å². The lowest BCUT2D eigenvalue weighted by atomic mass is 10.1. The molecule has 5 nitrogen and oxygen atoms in total. The molecular weight excluding hydrogens is 252 g/mol. The normalized spacial score (nSPS) is 16.9. The summed E-state index contributed by atoms with van der Waals surface area (Å²) in [5.74, 6) is 1.10. The highest BCUT2D eigenvalue weighted by atomic mass is 16.1. The molecule has 2 rings (SSSR count). The van der Waals surface area contributed by atoms with Crippen molar-refractivity contribution in [3.8, 4) is 0 Å². The van der Waals surface area contributed by atoms with Crippen molar-refractivity contribution in [1.29, 1.82) is 0 Å². The summed E-state index contributed by atoms with van der Waals surface area (Å²) in [5, 5.41) is 5.94. The summed E-state index contributed by atoms with van der Waals surface area (Å²) in [6.07, 6.45) is 4.35. The van der Waals surface area contributed by atoms with Gasteiger partial charge in [0.25, 0.3) is 5.91 Å². The molecule has 1 atom stereocenters. The van der Waals surface area contributed by atoms with Gasteiger partial charge in [0.05, 0.1) is 5.56 Å². The van der Waals surface area contributed by atoms with Crippen LogP contribution in [0.25, 0.3) is 0 Å². The Bertz CT molecular complexity index is 443. The summed E-state index contributed by atoms with van der Waals surface area (Å²) in [4.78, 5) is 18.5. The molecular formula is C15H24N4O. The Morgan fingerprint density at radius 3 is 2.90 bits per heavy atom. The summed E-state index contributed by atoms with van der Waals surface area (Å²) >= 11 is 0. The fraction of sp³-hybridized carbons (Fsp3) is 0.600. The van der Waals surface area contributed by atoms with E-state index < -0.39 is 0 Å². The van der Waals surface area contributed by atoms with Crippen molar-refractivity contribution in [3.05, 3.63) is 23.9 Å². The number of carbonyl (C=O) groups is 1. The summed E-state index contributed by atoms with van der Waals surface area (Å²) in [6, 6.07) is 3.57. The van der Waals surface area contributed by atoms with Gasteiger partial charge in [0, 0.05) is 26.3 Å². The standard InChI is InChI=1S/C15H24N4O/c1-12(11-19-8-3-4-9-19)10-18-14-13(15(20)16-2)6-5-7-17-14/h5-7,12H,3-4,8-11H2,1-2H3,(H,16,20)(H,17,18). The molecule has 0 aromatic carbocycles. The minimum atomic E-state index is -0.104. The Hall–Kier alpha value is -1.62. The summed E-state index contributed by atoms with van der Waals surface area (Å²) in [6.45, 7) is 6.61. The zero-order chi connectivity index (χ0) is 14.4. The molecule has 1 aromatic rings. The molecule has 1 unspecified atom stereocenters. The van der Waals surface area contributed by atoms with E-state index in [0.717, 1.165) is 13.1 Å². The first-order chi connectivity index (χ1) is 9.70. The fourth-order valence-electron chi connectivity index (χ4n) is 2.61. The van der Waals surface area contributed by atoms with Crippen molar-refractivity contribution in [2.75, 3.05) is 38.5 Å². The van der Waals surface area contributed by atoms with E-state index in [1.165, 1.54) is 25.9 Å². The van der Waals surface area contributed by atoms with Gasteiger partial charge in [-0.25, -0.2) is 4.98 Å². The molecule has 1 amide bonds. The SMILES string of the molecule is CNC(=O)c1cccnc1NCC(C)CN1CCCC1. The Kier molecular flexibility index (Phi) is 5.35. The van der Waals surface area contributed by atoms with Gasteiger partial charge < -0.3 is 15.5 Å². The molecule has 1 aliphatic rings. The molecule has 5 heteroatoms. The van der Waals surface area contributed by atoms with Crippen molar-refractivity contribution in [1.82, 2.24) is 15.2 Å². The number of anilines is 1. The average molecular weight is 276 g/mol. The summed E-state index contributed by atoms with van der Waals surface area (Å²) < 4.78 is 0. The predicted octanol–water partition coefficient (Wildman–Crippen LogP) is 1.58. The van der Waals surface area contributed by atoms with Gasteiger partial charge >= 0.3 is 0 Å². The first kappa shape index (κ1) is 14.8. The van der Waals surface area contributed by atoms with Gasteiger partial charge in [-0.15, -0.1) is 0 Å². The quantitative estimate of drug-likeness (QED) is 0.828. The van der Waals surface area contributed by atoms with Crippen molar-refractivity contribution in [2.45, 2.75) is 19.8 Å². The van der Waals surface area contributed by atoms with Gasteiger partial charge in [0.1, 0.15) is 5.82 Å². The van der Waals surface area contributed by atoms with Crippen LogP contribution in [0.5, 0.6) is 0 Å². The molecule has 2 N–H and O–H groups in total. The second kappa shape index (κ2) is 7.24. The van der Waals surface area contributed by atoms with Crippen LogP contribution in [0.3, 0.4) is 0 Å². The number of nitrogens with zero attached hydrogens (tertiary/aromatic N) is 2. The average Bonchev–Trinajstić information content (AvgIpc) is 2.97. The first-order valence-corrected chi connectivity index (χ1v) is 7.34. The highest BCUT2D eigenvalue weighted by Crippen LogP contribution is 2.14. The van der Waals surface area contributed by atoms with E-state index in [-0.39, 0.29) is 5.91 Å². The Morgan fingerprint density at radius 2 is 2.20 bits per heavy atom. The number of aromatic nitrogens is 1. The van der Waals surface area contributed by atoms with Gasteiger partial charge in [0.2, 0.25) is 0 Å². The number of amides is 1. The molecule has 0 spiro atoms. The smallest absolute Gasteiger partial charge is 0.254 e.